The van der Waals surface area contributed by atoms with Crippen molar-refractivity contribution in [3.8, 4) is 0 Å². The molecule has 0 saturated heterocycles. The average molecular weight is 224 g/mol. The molecule has 1 nitrogen and oxygen atoms in total. The van der Waals surface area contributed by atoms with Gasteiger partial charge in [0, 0.05) is 5.56 Å². The van der Waals surface area contributed by atoms with Crippen molar-refractivity contribution in [2.75, 3.05) is 0 Å². The van der Waals surface area contributed by atoms with E-state index in [0.29, 0.717) is 0 Å². The van der Waals surface area contributed by atoms with Crippen LogP contribution in [0.3, 0.4) is 0 Å². The predicted octanol–water partition coefficient (Wildman–Crippen LogP) is 3.67. The van der Waals surface area contributed by atoms with E-state index in [1.807, 2.05) is 30.3 Å². The number of aldehydes is 1. The van der Waals surface area contributed by atoms with Crippen LogP contribution in [0.5, 0.6) is 0 Å². The Morgan fingerprint density at radius 3 is 1.94 bits per heavy atom. The maximum Gasteiger partial charge on any atom is 0.150 e. The highest BCUT2D eigenvalue weighted by Gasteiger charge is 1.96. The molecule has 0 aromatic heterocycles. The van der Waals surface area contributed by atoms with E-state index in [0.717, 1.165) is 31.1 Å². The van der Waals surface area contributed by atoms with E-state index in [4.69, 9.17) is 0 Å². The van der Waals surface area contributed by atoms with Crippen LogP contribution in [0.2, 0.25) is 0 Å². The van der Waals surface area contributed by atoms with Crippen molar-refractivity contribution < 1.29 is 4.79 Å². The van der Waals surface area contributed by atoms with Crippen LogP contribution in [-0.4, -0.2) is 6.29 Å². The minimum Gasteiger partial charge on any atom is -0.298 e. The van der Waals surface area contributed by atoms with Crippen LogP contribution in [-0.2, 0) is 12.8 Å². The van der Waals surface area contributed by atoms with Gasteiger partial charge in [0.15, 0.2) is 0 Å². The van der Waals surface area contributed by atoms with Crippen LogP contribution in [0, 0.1) is 0 Å². The first kappa shape index (κ1) is 11.6. The lowest BCUT2D eigenvalue weighted by Gasteiger charge is -2.02. The number of benzene rings is 2. The van der Waals surface area contributed by atoms with E-state index in [2.05, 4.69) is 24.3 Å². The highest BCUT2D eigenvalue weighted by molar-refractivity contribution is 5.74. The zero-order valence-electron chi connectivity index (χ0n) is 9.80. The number of aryl methyl sites for hydroxylation is 2. The quantitative estimate of drug-likeness (QED) is 0.708. The Bertz CT molecular complexity index is 457. The van der Waals surface area contributed by atoms with Crippen molar-refractivity contribution in [1.82, 2.24) is 0 Å². The monoisotopic (exact) mass is 224 g/mol. The Morgan fingerprint density at radius 2 is 1.35 bits per heavy atom. The van der Waals surface area contributed by atoms with Crippen LogP contribution in [0.1, 0.15) is 27.9 Å². The smallest absolute Gasteiger partial charge is 0.150 e. The minimum atomic E-state index is 0.747. The van der Waals surface area contributed by atoms with Crippen LogP contribution < -0.4 is 0 Å². The van der Waals surface area contributed by atoms with E-state index in [1.54, 1.807) is 0 Å². The Balaban J connectivity index is 1.84. The van der Waals surface area contributed by atoms with Crippen molar-refractivity contribution >= 4 is 6.29 Å². The van der Waals surface area contributed by atoms with Crippen LogP contribution in [0.25, 0.3) is 0 Å². The minimum absolute atomic E-state index is 0.747. The third-order valence-electron chi connectivity index (χ3n) is 2.89. The largest absolute Gasteiger partial charge is 0.298 e. The summed E-state index contributed by atoms with van der Waals surface area (Å²) in [6.45, 7) is 0. The summed E-state index contributed by atoms with van der Waals surface area (Å²) in [6.07, 6.45) is 4.20. The Kier molecular flexibility index (Phi) is 4.09. The first-order valence-corrected chi connectivity index (χ1v) is 5.96. The van der Waals surface area contributed by atoms with Gasteiger partial charge >= 0.3 is 0 Å². The van der Waals surface area contributed by atoms with Crippen LogP contribution in [0.4, 0.5) is 0 Å². The standard InChI is InChI=1S/C16H16O/c17-13-16-11-9-15(10-12-16)8-4-7-14-5-2-1-3-6-14/h1-3,5-6,9-13H,4,7-8H2. The van der Waals surface area contributed by atoms with E-state index in [-0.39, 0.29) is 0 Å². The van der Waals surface area contributed by atoms with Crippen LogP contribution >= 0.6 is 0 Å². The molecule has 0 fully saturated rings. The number of hydrogen-bond donors (Lipinski definition) is 0. The van der Waals surface area contributed by atoms with Crippen molar-refractivity contribution in [3.05, 3.63) is 71.3 Å². The third-order valence-corrected chi connectivity index (χ3v) is 2.89. The number of hydrogen-bond acceptors (Lipinski definition) is 1. The normalized spacial score (nSPS) is 10.1. The van der Waals surface area contributed by atoms with Gasteiger partial charge < -0.3 is 0 Å². The highest BCUT2D eigenvalue weighted by atomic mass is 16.1. The van der Waals surface area contributed by atoms with Gasteiger partial charge in [0.05, 0.1) is 0 Å². The molecule has 0 heterocycles. The molecule has 0 N–H and O–H groups in total. The molecule has 0 bridgehead atoms. The Hall–Kier alpha value is -1.89. The lowest BCUT2D eigenvalue weighted by atomic mass is 10.0. The second-order valence-electron chi connectivity index (χ2n) is 4.20. The van der Waals surface area contributed by atoms with Gasteiger partial charge in [-0.05, 0) is 30.4 Å². The van der Waals surface area contributed by atoms with Crippen molar-refractivity contribution in [2.24, 2.45) is 0 Å². The van der Waals surface area contributed by atoms with Gasteiger partial charge in [-0.15, -0.1) is 0 Å². The van der Waals surface area contributed by atoms with E-state index < -0.39 is 0 Å². The predicted molar refractivity (Wildman–Crippen MR) is 70.3 cm³/mol. The fourth-order valence-corrected chi connectivity index (χ4v) is 1.90. The molecule has 0 atom stereocenters. The SMILES string of the molecule is O=Cc1ccc(CCCc2ccccc2)cc1. The molecule has 2 aromatic carbocycles. The van der Waals surface area contributed by atoms with Crippen molar-refractivity contribution in [2.45, 2.75) is 19.3 Å². The summed E-state index contributed by atoms with van der Waals surface area (Å²) >= 11 is 0. The molecular formula is C16H16O. The molecule has 0 saturated carbocycles. The van der Waals surface area contributed by atoms with Gasteiger partial charge in [0.1, 0.15) is 6.29 Å². The summed E-state index contributed by atoms with van der Waals surface area (Å²) in [5.41, 5.74) is 3.43. The number of rotatable bonds is 5. The van der Waals surface area contributed by atoms with E-state index in [1.165, 1.54) is 11.1 Å². The van der Waals surface area contributed by atoms with Crippen LogP contribution in [0.15, 0.2) is 54.6 Å². The maximum absolute atomic E-state index is 10.5. The molecule has 0 aliphatic carbocycles. The molecule has 17 heavy (non-hydrogen) atoms. The van der Waals surface area contributed by atoms with Gasteiger partial charge in [0.2, 0.25) is 0 Å². The Morgan fingerprint density at radius 1 is 0.765 bits per heavy atom. The molecular weight excluding hydrogens is 208 g/mol. The third kappa shape index (κ3) is 3.56. The number of carbonyl (C=O) groups is 1. The zero-order chi connectivity index (χ0) is 11.9. The average Bonchev–Trinajstić information content (AvgIpc) is 2.41. The maximum atomic E-state index is 10.5. The van der Waals surface area contributed by atoms with E-state index in [9.17, 15) is 4.79 Å². The summed E-state index contributed by atoms with van der Waals surface area (Å²) in [5, 5.41) is 0. The van der Waals surface area contributed by atoms with E-state index >= 15 is 0 Å². The summed E-state index contributed by atoms with van der Waals surface area (Å²) in [5.74, 6) is 0. The van der Waals surface area contributed by atoms with Gasteiger partial charge in [0.25, 0.3) is 0 Å². The van der Waals surface area contributed by atoms with Gasteiger partial charge in [-0.3, -0.25) is 4.79 Å². The summed E-state index contributed by atoms with van der Waals surface area (Å²) in [6, 6.07) is 18.4. The lowest BCUT2D eigenvalue weighted by Crippen LogP contribution is -1.90. The molecule has 2 rings (SSSR count). The molecule has 0 amide bonds. The fraction of sp³-hybridized carbons (Fsp3) is 0.188. The summed E-state index contributed by atoms with van der Waals surface area (Å²) in [4.78, 5) is 10.5. The fourth-order valence-electron chi connectivity index (χ4n) is 1.90. The van der Waals surface area contributed by atoms with Gasteiger partial charge in [-0.2, -0.15) is 0 Å². The summed E-state index contributed by atoms with van der Waals surface area (Å²) in [7, 11) is 0. The second kappa shape index (κ2) is 6.00. The molecule has 0 spiro atoms. The van der Waals surface area contributed by atoms with Crippen molar-refractivity contribution in [1.29, 1.82) is 0 Å². The topological polar surface area (TPSA) is 17.1 Å². The summed E-state index contributed by atoms with van der Waals surface area (Å²) < 4.78 is 0. The van der Waals surface area contributed by atoms with Gasteiger partial charge in [-0.1, -0.05) is 54.6 Å². The van der Waals surface area contributed by atoms with Crippen molar-refractivity contribution in [3.63, 3.8) is 0 Å². The molecule has 86 valence electrons. The molecule has 0 aliphatic heterocycles. The molecule has 1 heteroatoms. The molecule has 0 aliphatic rings. The molecule has 0 unspecified atom stereocenters. The first-order chi connectivity index (χ1) is 8.38. The molecule has 2 aromatic rings. The second-order valence-corrected chi connectivity index (χ2v) is 4.20. The number of carbonyl (C=O) groups excluding carboxylic acids is 1. The van der Waals surface area contributed by atoms with Gasteiger partial charge in [-0.25, -0.2) is 0 Å². The first-order valence-electron chi connectivity index (χ1n) is 5.96. The molecule has 0 radical (unpaired) electrons. The highest BCUT2D eigenvalue weighted by Crippen LogP contribution is 2.09. The zero-order valence-corrected chi connectivity index (χ0v) is 9.80. The lowest BCUT2D eigenvalue weighted by molar-refractivity contribution is 0.112. The Labute approximate surface area is 102 Å².